The Labute approximate surface area is 619 Å². The predicted molar refractivity (Wildman–Crippen MR) is 414 cm³/mol. The highest BCUT2D eigenvalue weighted by atomic mass is 31.2. The Bertz CT molecular complexity index is 1970. The van der Waals surface area contributed by atoms with Gasteiger partial charge in [0.15, 0.2) is 12.2 Å². The van der Waals surface area contributed by atoms with Crippen molar-refractivity contribution in [3.63, 3.8) is 0 Å². The molecule has 0 saturated carbocycles. The van der Waals surface area contributed by atoms with E-state index < -0.39 is 97.5 Å². The van der Waals surface area contributed by atoms with Gasteiger partial charge in [-0.2, -0.15) is 0 Å². The number of aliphatic hydroxyl groups excluding tert-OH is 1. The summed E-state index contributed by atoms with van der Waals surface area (Å²) in [5.74, 6) is 1.02. The summed E-state index contributed by atoms with van der Waals surface area (Å²) in [5, 5.41) is 10.6. The van der Waals surface area contributed by atoms with E-state index in [2.05, 4.69) is 55.4 Å². The van der Waals surface area contributed by atoms with Crippen LogP contribution in [0.5, 0.6) is 0 Å². The van der Waals surface area contributed by atoms with E-state index in [1.165, 1.54) is 218 Å². The third kappa shape index (κ3) is 74.7. The zero-order valence-electron chi connectivity index (χ0n) is 66.5. The first-order valence-corrected chi connectivity index (χ1v) is 45.2. The van der Waals surface area contributed by atoms with Gasteiger partial charge in [0.05, 0.1) is 26.4 Å². The van der Waals surface area contributed by atoms with Gasteiger partial charge in [-0.1, -0.05) is 370 Å². The average Bonchev–Trinajstić information content (AvgIpc) is 0.919. The van der Waals surface area contributed by atoms with Crippen molar-refractivity contribution in [1.82, 2.24) is 0 Å². The van der Waals surface area contributed by atoms with Crippen molar-refractivity contribution in [2.24, 2.45) is 23.7 Å². The molecule has 0 rings (SSSR count). The van der Waals surface area contributed by atoms with Crippen LogP contribution in [0.15, 0.2) is 0 Å². The molecule has 0 aliphatic rings. The summed E-state index contributed by atoms with van der Waals surface area (Å²) in [7, 11) is -9.92. The molecular formula is C82H160O17P2. The number of phosphoric acid groups is 2. The number of esters is 4. The van der Waals surface area contributed by atoms with Crippen molar-refractivity contribution < 1.29 is 80.2 Å². The number of carbonyl (C=O) groups is 4. The van der Waals surface area contributed by atoms with Crippen LogP contribution in [0.25, 0.3) is 0 Å². The first kappa shape index (κ1) is 99.1. The molecule has 0 amide bonds. The summed E-state index contributed by atoms with van der Waals surface area (Å²) < 4.78 is 68.8. The summed E-state index contributed by atoms with van der Waals surface area (Å²) in [6.45, 7) is 14.3. The van der Waals surface area contributed by atoms with Crippen LogP contribution in [0, 0.1) is 23.7 Å². The highest BCUT2D eigenvalue weighted by Crippen LogP contribution is 2.45. The minimum absolute atomic E-state index is 0.106. The van der Waals surface area contributed by atoms with Crippen LogP contribution >= 0.6 is 15.6 Å². The van der Waals surface area contributed by atoms with Crippen molar-refractivity contribution in [2.45, 2.75) is 440 Å². The summed E-state index contributed by atoms with van der Waals surface area (Å²) in [6.07, 6.45) is 58.3. The zero-order chi connectivity index (χ0) is 74.6. The largest absolute Gasteiger partial charge is 0.472 e. The lowest BCUT2D eigenvalue weighted by atomic mass is 9.99. The minimum atomic E-state index is -4.96. The van der Waals surface area contributed by atoms with Crippen LogP contribution in [-0.4, -0.2) is 96.7 Å². The Morgan fingerprint density at radius 1 is 0.277 bits per heavy atom. The average molecular weight is 1480 g/mol. The molecule has 101 heavy (non-hydrogen) atoms. The number of unbranched alkanes of at least 4 members (excludes halogenated alkanes) is 44. The monoisotopic (exact) mass is 1480 g/mol. The van der Waals surface area contributed by atoms with Gasteiger partial charge in [0.25, 0.3) is 0 Å². The van der Waals surface area contributed by atoms with Crippen molar-refractivity contribution >= 4 is 39.5 Å². The van der Waals surface area contributed by atoms with Crippen LogP contribution in [0.3, 0.4) is 0 Å². The van der Waals surface area contributed by atoms with Crippen LogP contribution in [0.2, 0.25) is 0 Å². The second-order valence-corrected chi connectivity index (χ2v) is 34.1. The van der Waals surface area contributed by atoms with Crippen LogP contribution < -0.4 is 0 Å². The standard InChI is InChI=1S/C82H160O17P2/c1-9-75(8)61-53-45-37-29-23-16-13-14-17-24-30-38-46-54-62-79(84)92-68-77(98-81(86)64-56-48-39-31-25-18-12-10-11-15-21-27-34-42-50-58-72(2)3)70-96-100(88,89)94-66-76(83)67-95-101(90,91)97-71-78(69-93-80(85)63-55-47-41-33-36-44-52-60-74(6)7)99-82(87)65-57-49-40-32-26-20-19-22-28-35-43-51-59-73(4)5/h72-78,83H,9-71H2,1-8H3,(H,88,89)(H,90,91)/t75?,76?,77-,78-/m1/s1. The van der Waals surface area contributed by atoms with E-state index in [1.807, 2.05) is 0 Å². The van der Waals surface area contributed by atoms with Crippen molar-refractivity contribution in [3.05, 3.63) is 0 Å². The molecule has 0 aromatic rings. The lowest BCUT2D eigenvalue weighted by Gasteiger charge is -2.21. The fraction of sp³-hybridized carbons (Fsp3) is 0.951. The van der Waals surface area contributed by atoms with Gasteiger partial charge in [0.2, 0.25) is 0 Å². The number of phosphoric ester groups is 2. The van der Waals surface area contributed by atoms with E-state index in [-0.39, 0.29) is 25.7 Å². The number of hydrogen-bond donors (Lipinski definition) is 3. The van der Waals surface area contributed by atoms with Gasteiger partial charge in [-0.15, -0.1) is 0 Å². The van der Waals surface area contributed by atoms with Gasteiger partial charge in [-0.25, -0.2) is 9.13 Å². The molecule has 0 spiro atoms. The molecule has 0 aliphatic carbocycles. The molecule has 17 nitrogen and oxygen atoms in total. The van der Waals surface area contributed by atoms with Crippen molar-refractivity contribution in [3.8, 4) is 0 Å². The topological polar surface area (TPSA) is 237 Å². The molecule has 0 aromatic heterocycles. The van der Waals surface area contributed by atoms with Gasteiger partial charge < -0.3 is 33.8 Å². The smallest absolute Gasteiger partial charge is 0.462 e. The maximum Gasteiger partial charge on any atom is 0.472 e. The molecular weight excluding hydrogens is 1320 g/mol. The van der Waals surface area contributed by atoms with Crippen molar-refractivity contribution in [2.75, 3.05) is 39.6 Å². The van der Waals surface area contributed by atoms with E-state index in [4.69, 9.17) is 37.0 Å². The summed E-state index contributed by atoms with van der Waals surface area (Å²) in [4.78, 5) is 73.1. The number of aliphatic hydroxyl groups is 1. The van der Waals surface area contributed by atoms with E-state index in [9.17, 15) is 43.2 Å². The SMILES string of the molecule is CCC(C)CCCCCCCCCCCCCCCCC(=O)OC[C@H](COP(=O)(O)OCC(O)COP(=O)(O)OC[C@@H](COC(=O)CCCCCCCCCC(C)C)OC(=O)CCCCCCCCCCCCCCC(C)C)OC(=O)CCCCCCCCCCCCCCCCCC(C)C. The Morgan fingerprint density at radius 2 is 0.475 bits per heavy atom. The molecule has 0 bridgehead atoms. The second-order valence-electron chi connectivity index (χ2n) is 31.2. The maximum atomic E-state index is 13.1. The van der Waals surface area contributed by atoms with E-state index in [0.29, 0.717) is 31.6 Å². The third-order valence-electron chi connectivity index (χ3n) is 19.4. The summed E-state index contributed by atoms with van der Waals surface area (Å²) in [6, 6.07) is 0. The molecule has 0 radical (unpaired) electrons. The second kappa shape index (κ2) is 71.0. The fourth-order valence-electron chi connectivity index (χ4n) is 12.6. The Morgan fingerprint density at radius 3 is 0.703 bits per heavy atom. The number of rotatable bonds is 79. The minimum Gasteiger partial charge on any atom is -0.462 e. The van der Waals surface area contributed by atoms with E-state index in [1.54, 1.807) is 0 Å². The van der Waals surface area contributed by atoms with Gasteiger partial charge in [0.1, 0.15) is 19.3 Å². The molecule has 0 aliphatic heterocycles. The highest BCUT2D eigenvalue weighted by molar-refractivity contribution is 7.47. The molecule has 0 heterocycles. The first-order valence-electron chi connectivity index (χ1n) is 42.2. The van der Waals surface area contributed by atoms with Gasteiger partial charge in [-0.05, 0) is 49.4 Å². The molecule has 6 atom stereocenters. The normalized spacial score (nSPS) is 14.3. The molecule has 3 N–H and O–H groups in total. The Hall–Kier alpha value is -1.94. The number of carbonyl (C=O) groups excluding carboxylic acids is 4. The fourth-order valence-corrected chi connectivity index (χ4v) is 14.2. The van der Waals surface area contributed by atoms with Gasteiger partial charge >= 0.3 is 39.5 Å². The summed E-state index contributed by atoms with van der Waals surface area (Å²) >= 11 is 0. The molecule has 0 saturated heterocycles. The van der Waals surface area contributed by atoms with Crippen LogP contribution in [0.4, 0.5) is 0 Å². The maximum absolute atomic E-state index is 13.1. The zero-order valence-corrected chi connectivity index (χ0v) is 68.3. The first-order chi connectivity index (χ1) is 48.6. The van der Waals surface area contributed by atoms with Crippen LogP contribution in [0.1, 0.15) is 421 Å². The molecule has 19 heteroatoms. The Balaban J connectivity index is 5.25. The lowest BCUT2D eigenvalue weighted by molar-refractivity contribution is -0.161. The van der Waals surface area contributed by atoms with E-state index in [0.717, 1.165) is 114 Å². The van der Waals surface area contributed by atoms with Crippen molar-refractivity contribution in [1.29, 1.82) is 0 Å². The molecule has 600 valence electrons. The van der Waals surface area contributed by atoms with Gasteiger partial charge in [0, 0.05) is 25.7 Å². The summed E-state index contributed by atoms with van der Waals surface area (Å²) in [5.41, 5.74) is 0. The molecule has 0 aromatic carbocycles. The quantitative estimate of drug-likeness (QED) is 0.0222. The lowest BCUT2D eigenvalue weighted by Crippen LogP contribution is -2.30. The van der Waals surface area contributed by atoms with Gasteiger partial charge in [-0.3, -0.25) is 37.3 Å². The predicted octanol–water partition coefficient (Wildman–Crippen LogP) is 24.4. The molecule has 4 unspecified atom stereocenters. The van der Waals surface area contributed by atoms with Crippen LogP contribution in [-0.2, 0) is 65.4 Å². The number of hydrogen-bond acceptors (Lipinski definition) is 15. The highest BCUT2D eigenvalue weighted by Gasteiger charge is 2.30. The third-order valence-corrected chi connectivity index (χ3v) is 21.3. The van der Waals surface area contributed by atoms with E-state index >= 15 is 0 Å². The molecule has 0 fully saturated rings. The Kier molecular flexibility index (Phi) is 69.6. The number of ether oxygens (including phenoxy) is 4.